The van der Waals surface area contributed by atoms with E-state index in [0.717, 1.165) is 36.8 Å². The number of carbonyl (C=O) groups is 1. The molecule has 5 nitrogen and oxygen atoms in total. The van der Waals surface area contributed by atoms with Crippen molar-refractivity contribution in [3.05, 3.63) is 29.5 Å². The second-order valence-corrected chi connectivity index (χ2v) is 7.35. The number of hydroxylamine groups is 2. The largest absolute Gasteiger partial charge is 0.367 e. The van der Waals surface area contributed by atoms with Crippen LogP contribution in [0, 0.1) is 17.8 Å². The minimum Gasteiger partial charge on any atom is -0.367 e. The van der Waals surface area contributed by atoms with Gasteiger partial charge < -0.3 is 4.84 Å². The Bertz CT molecular complexity index is 787. The number of rotatable bonds is 2. The van der Waals surface area contributed by atoms with Crippen LogP contribution in [0.5, 0.6) is 0 Å². The maximum absolute atomic E-state index is 12.0. The Kier molecular flexibility index (Phi) is 4.33. The van der Waals surface area contributed by atoms with E-state index in [1.54, 1.807) is 5.06 Å². The van der Waals surface area contributed by atoms with Crippen LogP contribution in [0.4, 0.5) is 0 Å². The summed E-state index contributed by atoms with van der Waals surface area (Å²) in [7, 11) is 0. The fourth-order valence-corrected chi connectivity index (χ4v) is 2.93. The maximum atomic E-state index is 12.0. The minimum absolute atomic E-state index is 0.181. The summed E-state index contributed by atoms with van der Waals surface area (Å²) in [5.74, 6) is 2.88. The summed E-state index contributed by atoms with van der Waals surface area (Å²) in [6.07, 6.45) is 7.40. The van der Waals surface area contributed by atoms with Crippen LogP contribution in [0.15, 0.2) is 18.2 Å². The Hall–Kier alpha value is -2.32. The van der Waals surface area contributed by atoms with Gasteiger partial charge in [0.1, 0.15) is 5.69 Å². The first-order valence-electron chi connectivity index (χ1n) is 8.30. The Morgan fingerprint density at radius 1 is 1.38 bits per heavy atom. The van der Waals surface area contributed by atoms with Crippen molar-refractivity contribution in [3.8, 4) is 12.3 Å². The van der Waals surface area contributed by atoms with Crippen molar-refractivity contribution in [1.29, 1.82) is 0 Å². The van der Waals surface area contributed by atoms with E-state index in [9.17, 15) is 4.79 Å². The Morgan fingerprint density at radius 2 is 2.08 bits per heavy atom. The molecule has 0 spiro atoms. The van der Waals surface area contributed by atoms with Crippen molar-refractivity contribution in [3.63, 3.8) is 0 Å². The van der Waals surface area contributed by atoms with Crippen LogP contribution in [-0.4, -0.2) is 34.3 Å². The number of carbonyl (C=O) groups excluding carboxylic acids is 1. The SMILES string of the molecule is C#Cc1n[nH]c2ccc(C3CCN(OC(=O)C(C)(C)C)CC3)cc12. The summed E-state index contributed by atoms with van der Waals surface area (Å²) in [5, 5.41) is 9.88. The fraction of sp³-hybridized carbons (Fsp3) is 0.474. The summed E-state index contributed by atoms with van der Waals surface area (Å²) >= 11 is 0. The molecule has 0 radical (unpaired) electrons. The third kappa shape index (κ3) is 3.29. The van der Waals surface area contributed by atoms with Crippen LogP contribution in [0.3, 0.4) is 0 Å². The summed E-state index contributed by atoms with van der Waals surface area (Å²) in [6, 6.07) is 6.29. The van der Waals surface area contributed by atoms with Crippen LogP contribution in [0.25, 0.3) is 10.9 Å². The second-order valence-electron chi connectivity index (χ2n) is 7.35. The van der Waals surface area contributed by atoms with Gasteiger partial charge in [0.2, 0.25) is 0 Å². The van der Waals surface area contributed by atoms with E-state index in [0.29, 0.717) is 11.6 Å². The lowest BCUT2D eigenvalue weighted by Crippen LogP contribution is -2.38. The van der Waals surface area contributed by atoms with E-state index in [-0.39, 0.29) is 5.97 Å². The fourth-order valence-electron chi connectivity index (χ4n) is 2.93. The van der Waals surface area contributed by atoms with Crippen molar-refractivity contribution in [2.75, 3.05) is 13.1 Å². The number of terminal acetylenes is 1. The van der Waals surface area contributed by atoms with Crippen LogP contribution in [0.1, 0.15) is 50.8 Å². The minimum atomic E-state index is -0.477. The average molecular weight is 325 g/mol. The number of nitrogens with zero attached hydrogens (tertiary/aromatic N) is 2. The van der Waals surface area contributed by atoms with Crippen LogP contribution >= 0.6 is 0 Å². The number of aromatic nitrogens is 2. The monoisotopic (exact) mass is 325 g/mol. The topological polar surface area (TPSA) is 58.2 Å². The molecule has 1 aliphatic rings. The summed E-state index contributed by atoms with van der Waals surface area (Å²) in [6.45, 7) is 7.09. The summed E-state index contributed by atoms with van der Waals surface area (Å²) in [5.41, 5.74) is 2.41. The molecule has 3 rings (SSSR count). The van der Waals surface area contributed by atoms with Crippen molar-refractivity contribution in [2.45, 2.75) is 39.5 Å². The number of hydrogen-bond donors (Lipinski definition) is 1. The summed E-state index contributed by atoms with van der Waals surface area (Å²) in [4.78, 5) is 17.5. The standard InChI is InChI=1S/C19H23N3O2/c1-5-16-15-12-14(6-7-17(15)21-20-16)13-8-10-22(11-9-13)24-18(23)19(2,3)4/h1,6-7,12-13H,8-11H2,2-4H3,(H,20,21). The van der Waals surface area contributed by atoms with Crippen molar-refractivity contribution in [1.82, 2.24) is 15.3 Å². The van der Waals surface area contributed by atoms with Crippen molar-refractivity contribution >= 4 is 16.9 Å². The number of nitrogens with one attached hydrogen (secondary N) is 1. The molecule has 0 amide bonds. The smallest absolute Gasteiger partial charge is 0.330 e. The molecule has 1 aliphatic heterocycles. The van der Waals surface area contributed by atoms with Gasteiger partial charge in [-0.1, -0.05) is 6.07 Å². The molecule has 1 aromatic heterocycles. The summed E-state index contributed by atoms with van der Waals surface area (Å²) < 4.78 is 0. The predicted molar refractivity (Wildman–Crippen MR) is 93.1 cm³/mol. The number of H-pyrrole nitrogens is 1. The van der Waals surface area contributed by atoms with Crippen LogP contribution in [-0.2, 0) is 9.63 Å². The number of fused-ring (bicyclic) bond motifs is 1. The zero-order valence-electron chi connectivity index (χ0n) is 14.4. The molecule has 24 heavy (non-hydrogen) atoms. The highest BCUT2D eigenvalue weighted by Crippen LogP contribution is 2.31. The van der Waals surface area contributed by atoms with Gasteiger partial charge in [-0.25, -0.2) is 4.79 Å². The van der Waals surface area contributed by atoms with Gasteiger partial charge in [-0.3, -0.25) is 5.10 Å². The molecule has 2 aromatic rings. The average Bonchev–Trinajstić information content (AvgIpc) is 2.97. The van der Waals surface area contributed by atoms with Crippen LogP contribution < -0.4 is 0 Å². The molecule has 0 bridgehead atoms. The van der Waals surface area contributed by atoms with Gasteiger partial charge in [0.05, 0.1) is 10.9 Å². The normalized spacial score (nSPS) is 16.9. The first-order chi connectivity index (χ1) is 11.4. The van der Waals surface area contributed by atoms with Crippen molar-refractivity contribution in [2.24, 2.45) is 5.41 Å². The van der Waals surface area contributed by atoms with Crippen molar-refractivity contribution < 1.29 is 9.63 Å². The molecule has 126 valence electrons. The van der Waals surface area contributed by atoms with Gasteiger partial charge in [0, 0.05) is 18.5 Å². The molecule has 0 saturated carbocycles. The lowest BCUT2D eigenvalue weighted by atomic mass is 9.89. The second kappa shape index (κ2) is 6.29. The van der Waals surface area contributed by atoms with Gasteiger partial charge in [0.25, 0.3) is 0 Å². The zero-order chi connectivity index (χ0) is 17.3. The van der Waals surface area contributed by atoms with Crippen LogP contribution in [0.2, 0.25) is 0 Å². The van der Waals surface area contributed by atoms with E-state index in [1.165, 1.54) is 5.56 Å². The lowest BCUT2D eigenvalue weighted by Gasteiger charge is -2.32. The van der Waals surface area contributed by atoms with Gasteiger partial charge in [-0.15, -0.1) is 11.5 Å². The highest BCUT2D eigenvalue weighted by molar-refractivity contribution is 5.84. The van der Waals surface area contributed by atoms with Gasteiger partial charge in [-0.05, 0) is 63.1 Å². The Balaban J connectivity index is 1.67. The zero-order valence-corrected chi connectivity index (χ0v) is 14.4. The maximum Gasteiger partial charge on any atom is 0.330 e. The first kappa shape index (κ1) is 16.5. The highest BCUT2D eigenvalue weighted by atomic mass is 16.7. The number of piperidine rings is 1. The Morgan fingerprint density at radius 3 is 2.71 bits per heavy atom. The molecular weight excluding hydrogens is 302 g/mol. The molecule has 1 fully saturated rings. The number of benzene rings is 1. The van der Waals surface area contributed by atoms with E-state index >= 15 is 0 Å². The first-order valence-corrected chi connectivity index (χ1v) is 8.30. The molecule has 2 heterocycles. The van der Waals surface area contributed by atoms with Gasteiger partial charge in [0.15, 0.2) is 0 Å². The lowest BCUT2D eigenvalue weighted by molar-refractivity contribution is -0.204. The molecule has 1 N–H and O–H groups in total. The highest BCUT2D eigenvalue weighted by Gasteiger charge is 2.28. The molecule has 5 heteroatoms. The van der Waals surface area contributed by atoms with E-state index in [4.69, 9.17) is 11.3 Å². The molecule has 0 aliphatic carbocycles. The molecular formula is C19H23N3O2. The number of aromatic amines is 1. The van der Waals surface area contributed by atoms with E-state index in [2.05, 4.69) is 28.3 Å². The van der Waals surface area contributed by atoms with Gasteiger partial charge >= 0.3 is 5.97 Å². The molecule has 1 saturated heterocycles. The predicted octanol–water partition coefficient (Wildman–Crippen LogP) is 3.23. The van der Waals surface area contributed by atoms with Gasteiger partial charge in [-0.2, -0.15) is 5.10 Å². The quantitative estimate of drug-likeness (QED) is 0.861. The molecule has 0 unspecified atom stereocenters. The van der Waals surface area contributed by atoms with E-state index in [1.807, 2.05) is 26.8 Å². The molecule has 1 aromatic carbocycles. The third-order valence-corrected chi connectivity index (χ3v) is 4.47. The van der Waals surface area contributed by atoms with E-state index < -0.39 is 5.41 Å². The third-order valence-electron chi connectivity index (χ3n) is 4.47. The number of hydrogen-bond acceptors (Lipinski definition) is 4. The molecule has 0 atom stereocenters. The Labute approximate surface area is 142 Å².